The first-order valence-electron chi connectivity index (χ1n) is 6.31. The second kappa shape index (κ2) is 6.80. The molecule has 0 aromatic heterocycles. The zero-order valence-corrected chi connectivity index (χ0v) is 11.1. The van der Waals surface area contributed by atoms with Crippen LogP contribution in [0.4, 0.5) is 26.3 Å². The van der Waals surface area contributed by atoms with Gasteiger partial charge >= 0.3 is 6.18 Å². The molecule has 0 amide bonds. The van der Waals surface area contributed by atoms with Gasteiger partial charge in [-0.2, -0.15) is 13.2 Å². The van der Waals surface area contributed by atoms with Gasteiger partial charge in [-0.25, -0.2) is 13.2 Å². The summed E-state index contributed by atoms with van der Waals surface area (Å²) in [5.74, 6) is -4.41. The number of rotatable bonds is 5. The van der Waals surface area contributed by atoms with Gasteiger partial charge in [-0.3, -0.25) is 9.80 Å². The van der Waals surface area contributed by atoms with Crippen LogP contribution < -0.4 is 0 Å². The highest BCUT2D eigenvalue weighted by molar-refractivity contribution is 4.88. The summed E-state index contributed by atoms with van der Waals surface area (Å²) in [5, 5.41) is 0. The Hall–Kier alpha value is -0.760. The van der Waals surface area contributed by atoms with E-state index >= 15 is 0 Å². The van der Waals surface area contributed by atoms with Crippen molar-refractivity contribution in [1.82, 2.24) is 9.80 Å². The van der Waals surface area contributed by atoms with Gasteiger partial charge in [0.25, 0.3) is 12.1 Å². The lowest BCUT2D eigenvalue weighted by atomic mass is 10.1. The van der Waals surface area contributed by atoms with Crippen molar-refractivity contribution in [3.05, 3.63) is 12.2 Å². The van der Waals surface area contributed by atoms with Crippen molar-refractivity contribution in [3.8, 4) is 0 Å². The van der Waals surface area contributed by atoms with Crippen molar-refractivity contribution in [2.45, 2.75) is 25.2 Å². The van der Waals surface area contributed by atoms with Gasteiger partial charge < -0.3 is 0 Å². The van der Waals surface area contributed by atoms with E-state index in [1.54, 1.807) is 0 Å². The van der Waals surface area contributed by atoms with Crippen LogP contribution in [-0.4, -0.2) is 67.3 Å². The number of alkyl halides is 6. The molecule has 0 saturated carbocycles. The van der Waals surface area contributed by atoms with Gasteiger partial charge in [0, 0.05) is 32.7 Å². The maximum absolute atomic E-state index is 13.2. The molecular formula is C12H18F6N2. The maximum atomic E-state index is 13.2. The Morgan fingerprint density at radius 3 is 1.95 bits per heavy atom. The number of allylic oxidation sites excluding steroid dienone is 1. The molecule has 1 fully saturated rings. The number of piperazine rings is 1. The van der Waals surface area contributed by atoms with Gasteiger partial charge in [0.05, 0.1) is 6.54 Å². The van der Waals surface area contributed by atoms with Gasteiger partial charge in [-0.15, -0.1) is 0 Å². The van der Waals surface area contributed by atoms with E-state index in [4.69, 9.17) is 0 Å². The Balaban J connectivity index is 2.46. The molecule has 0 aromatic rings. The standard InChI is InChI=1S/C12H18F6N2/c1-2-3-4-19-5-7-20(8-6-19)9-11(14,15)10(13)12(16,17)18/h2-3,10H,4-9H2,1H3. The first kappa shape index (κ1) is 17.3. The van der Waals surface area contributed by atoms with Crippen molar-refractivity contribution in [2.24, 2.45) is 0 Å². The summed E-state index contributed by atoms with van der Waals surface area (Å²) in [6, 6.07) is 0. The fourth-order valence-corrected chi connectivity index (χ4v) is 2.00. The highest BCUT2D eigenvalue weighted by Crippen LogP contribution is 2.35. The topological polar surface area (TPSA) is 6.48 Å². The molecular weight excluding hydrogens is 286 g/mol. The van der Waals surface area contributed by atoms with Crippen molar-refractivity contribution < 1.29 is 26.3 Å². The quantitative estimate of drug-likeness (QED) is 0.569. The van der Waals surface area contributed by atoms with Crippen LogP contribution in [0.1, 0.15) is 6.92 Å². The Bertz CT molecular complexity index is 320. The molecule has 0 aromatic carbocycles. The van der Waals surface area contributed by atoms with Crippen molar-refractivity contribution in [3.63, 3.8) is 0 Å². The minimum absolute atomic E-state index is 0.206. The summed E-state index contributed by atoms with van der Waals surface area (Å²) >= 11 is 0. The predicted molar refractivity (Wildman–Crippen MR) is 63.6 cm³/mol. The van der Waals surface area contributed by atoms with E-state index in [2.05, 4.69) is 0 Å². The van der Waals surface area contributed by atoms with Gasteiger partial charge in [0.15, 0.2) is 0 Å². The third-order valence-corrected chi connectivity index (χ3v) is 3.16. The minimum atomic E-state index is -5.53. The van der Waals surface area contributed by atoms with Crippen molar-refractivity contribution in [2.75, 3.05) is 39.3 Å². The molecule has 1 heterocycles. The van der Waals surface area contributed by atoms with E-state index in [-0.39, 0.29) is 13.1 Å². The first-order valence-corrected chi connectivity index (χ1v) is 6.31. The largest absolute Gasteiger partial charge is 0.425 e. The van der Waals surface area contributed by atoms with Crippen molar-refractivity contribution in [1.29, 1.82) is 0 Å². The Kier molecular flexibility index (Phi) is 5.88. The predicted octanol–water partition coefficient (Wildman–Crippen LogP) is 2.72. The van der Waals surface area contributed by atoms with Crippen LogP contribution in [0, 0.1) is 0 Å². The molecule has 8 heteroatoms. The van der Waals surface area contributed by atoms with Crippen LogP contribution in [-0.2, 0) is 0 Å². The summed E-state index contributed by atoms with van der Waals surface area (Å²) < 4.78 is 75.3. The summed E-state index contributed by atoms with van der Waals surface area (Å²) in [6.07, 6.45) is -5.88. The summed E-state index contributed by atoms with van der Waals surface area (Å²) in [4.78, 5) is 3.16. The Morgan fingerprint density at radius 1 is 1.00 bits per heavy atom. The Morgan fingerprint density at radius 2 is 1.50 bits per heavy atom. The van der Waals surface area contributed by atoms with Gasteiger partial charge in [-0.05, 0) is 6.92 Å². The third-order valence-electron chi connectivity index (χ3n) is 3.16. The number of nitrogens with zero attached hydrogens (tertiary/aromatic N) is 2. The number of hydrogen-bond acceptors (Lipinski definition) is 2. The van der Waals surface area contributed by atoms with Crippen LogP contribution in [0.15, 0.2) is 12.2 Å². The van der Waals surface area contributed by atoms with E-state index in [1.165, 1.54) is 4.90 Å². The summed E-state index contributed by atoms with van der Waals surface area (Å²) in [5.41, 5.74) is 0. The lowest BCUT2D eigenvalue weighted by molar-refractivity contribution is -0.248. The molecule has 1 atom stereocenters. The van der Waals surface area contributed by atoms with Crippen LogP contribution in [0.25, 0.3) is 0 Å². The molecule has 1 aliphatic heterocycles. The third kappa shape index (κ3) is 4.97. The molecule has 1 unspecified atom stereocenters. The zero-order chi connectivity index (χ0) is 15.4. The highest BCUT2D eigenvalue weighted by atomic mass is 19.4. The molecule has 1 rings (SSSR count). The maximum Gasteiger partial charge on any atom is 0.425 e. The smallest absolute Gasteiger partial charge is 0.297 e. The molecule has 2 nitrogen and oxygen atoms in total. The van der Waals surface area contributed by atoms with E-state index in [0.29, 0.717) is 19.6 Å². The summed E-state index contributed by atoms with van der Waals surface area (Å²) in [7, 11) is 0. The molecule has 0 aliphatic carbocycles. The molecule has 118 valence electrons. The van der Waals surface area contributed by atoms with E-state index in [0.717, 1.165) is 0 Å². The number of hydrogen-bond donors (Lipinski definition) is 0. The summed E-state index contributed by atoms with van der Waals surface area (Å²) in [6.45, 7) is 2.69. The fourth-order valence-electron chi connectivity index (χ4n) is 2.00. The molecule has 0 spiro atoms. The average Bonchev–Trinajstić information content (AvgIpc) is 2.35. The van der Waals surface area contributed by atoms with E-state index < -0.39 is 24.8 Å². The second-order valence-electron chi connectivity index (χ2n) is 4.81. The van der Waals surface area contributed by atoms with E-state index in [1.807, 2.05) is 24.0 Å². The van der Waals surface area contributed by atoms with Gasteiger partial charge in [0.2, 0.25) is 0 Å². The molecule has 1 aliphatic rings. The van der Waals surface area contributed by atoms with Crippen LogP contribution in [0.5, 0.6) is 0 Å². The van der Waals surface area contributed by atoms with Gasteiger partial charge in [-0.1, -0.05) is 12.2 Å². The lowest BCUT2D eigenvalue weighted by Crippen LogP contribution is -2.54. The molecule has 0 N–H and O–H groups in total. The van der Waals surface area contributed by atoms with Crippen LogP contribution in [0.3, 0.4) is 0 Å². The monoisotopic (exact) mass is 304 g/mol. The molecule has 1 saturated heterocycles. The highest BCUT2D eigenvalue weighted by Gasteiger charge is 2.57. The number of halogens is 6. The Labute approximate surface area is 114 Å². The average molecular weight is 304 g/mol. The SMILES string of the molecule is CC=CCN1CCN(CC(F)(F)C(F)C(F)(F)F)CC1. The van der Waals surface area contributed by atoms with Crippen LogP contribution in [0.2, 0.25) is 0 Å². The normalized spacial score (nSPS) is 21.6. The minimum Gasteiger partial charge on any atom is -0.297 e. The van der Waals surface area contributed by atoms with Gasteiger partial charge in [0.1, 0.15) is 0 Å². The van der Waals surface area contributed by atoms with E-state index in [9.17, 15) is 26.3 Å². The van der Waals surface area contributed by atoms with Crippen LogP contribution >= 0.6 is 0 Å². The lowest BCUT2D eigenvalue weighted by Gasteiger charge is -2.36. The second-order valence-corrected chi connectivity index (χ2v) is 4.81. The molecule has 0 radical (unpaired) electrons. The first-order chi connectivity index (χ1) is 9.16. The zero-order valence-electron chi connectivity index (χ0n) is 11.1. The fraction of sp³-hybridized carbons (Fsp3) is 0.833. The molecule has 0 bridgehead atoms. The molecule has 20 heavy (non-hydrogen) atoms. The van der Waals surface area contributed by atoms with Crippen molar-refractivity contribution >= 4 is 0 Å².